The smallest absolute Gasteiger partial charge is 0.175 e. The van der Waals surface area contributed by atoms with Crippen LogP contribution in [0.3, 0.4) is 0 Å². The Bertz CT molecular complexity index is 627. The van der Waals surface area contributed by atoms with Crippen LogP contribution in [-0.4, -0.2) is 15.7 Å². The van der Waals surface area contributed by atoms with E-state index in [9.17, 15) is 17.8 Å². The predicted octanol–water partition coefficient (Wildman–Crippen LogP) is 2.96. The Morgan fingerprint density at radius 1 is 1.00 bits per heavy atom. The maximum atomic E-state index is 13.0. The summed E-state index contributed by atoms with van der Waals surface area (Å²) in [6.45, 7) is 0. The molecule has 5 heteroatoms. The first-order valence-corrected chi connectivity index (χ1v) is 6.81. The van der Waals surface area contributed by atoms with Crippen molar-refractivity contribution in [2.75, 3.05) is 5.75 Å². The fourth-order valence-corrected chi connectivity index (χ4v) is 2.55. The quantitative estimate of drug-likeness (QED) is 0.807. The molecule has 0 N–H and O–H groups in total. The molecule has 19 heavy (non-hydrogen) atoms. The van der Waals surface area contributed by atoms with E-state index in [1.807, 2.05) is 0 Å². The van der Waals surface area contributed by atoms with Crippen LogP contribution in [-0.2, 0) is 10.8 Å². The van der Waals surface area contributed by atoms with E-state index in [0.29, 0.717) is 5.56 Å². The van der Waals surface area contributed by atoms with Crippen molar-refractivity contribution in [1.29, 1.82) is 0 Å². The Kier molecular flexibility index (Phi) is 4.16. The lowest BCUT2D eigenvalue weighted by molar-refractivity contribution is 0.102. The lowest BCUT2D eigenvalue weighted by Crippen LogP contribution is -2.11. The van der Waals surface area contributed by atoms with E-state index in [-0.39, 0.29) is 16.4 Å². The van der Waals surface area contributed by atoms with Crippen LogP contribution in [0.4, 0.5) is 8.78 Å². The molecular weight excluding hydrogens is 270 g/mol. The molecule has 2 nitrogen and oxygen atoms in total. The van der Waals surface area contributed by atoms with Gasteiger partial charge < -0.3 is 0 Å². The van der Waals surface area contributed by atoms with Crippen LogP contribution in [0.5, 0.6) is 0 Å². The van der Waals surface area contributed by atoms with Gasteiger partial charge in [0.15, 0.2) is 17.4 Å². The molecule has 0 amide bonds. The number of ketones is 1. The minimum atomic E-state index is -1.69. The van der Waals surface area contributed by atoms with Crippen molar-refractivity contribution >= 4 is 16.6 Å². The summed E-state index contributed by atoms with van der Waals surface area (Å²) < 4.78 is 37.6. The summed E-state index contributed by atoms with van der Waals surface area (Å²) in [5, 5.41) is 0. The number of hydrogen-bond acceptors (Lipinski definition) is 2. The highest BCUT2D eigenvalue weighted by Crippen LogP contribution is 2.13. The predicted molar refractivity (Wildman–Crippen MR) is 68.4 cm³/mol. The summed E-state index contributed by atoms with van der Waals surface area (Å²) in [6.07, 6.45) is 0. The van der Waals surface area contributed by atoms with Crippen molar-refractivity contribution in [3.8, 4) is 0 Å². The van der Waals surface area contributed by atoms with Crippen molar-refractivity contribution in [1.82, 2.24) is 0 Å². The van der Waals surface area contributed by atoms with Crippen LogP contribution in [0.2, 0.25) is 0 Å². The largest absolute Gasteiger partial charge is 0.293 e. The number of benzene rings is 2. The third kappa shape index (κ3) is 3.32. The Labute approximate surface area is 111 Å². The van der Waals surface area contributed by atoms with Crippen LogP contribution >= 0.6 is 0 Å². The summed E-state index contributed by atoms with van der Waals surface area (Å²) in [4.78, 5) is 11.9. The molecular formula is C14H10F2O2S. The van der Waals surface area contributed by atoms with Gasteiger partial charge in [-0.25, -0.2) is 8.78 Å². The molecule has 2 rings (SSSR count). The van der Waals surface area contributed by atoms with E-state index < -0.39 is 22.4 Å². The van der Waals surface area contributed by atoms with Gasteiger partial charge in [0, 0.05) is 10.5 Å². The van der Waals surface area contributed by atoms with Crippen LogP contribution in [0.25, 0.3) is 0 Å². The molecule has 2 aromatic carbocycles. The molecule has 1 atom stereocenters. The number of Topliss-reactive ketones (excluding diaryl/α,β-unsaturated/α-hetero) is 1. The molecule has 0 aliphatic heterocycles. The summed E-state index contributed by atoms with van der Waals surface area (Å²) in [7, 11) is -1.69. The molecule has 0 radical (unpaired) electrons. The van der Waals surface area contributed by atoms with Gasteiger partial charge in [-0.05, 0) is 18.2 Å². The normalized spacial score (nSPS) is 12.1. The minimum absolute atomic E-state index is 0.100. The second-order valence-electron chi connectivity index (χ2n) is 3.85. The Morgan fingerprint density at radius 2 is 1.68 bits per heavy atom. The second-order valence-corrected chi connectivity index (χ2v) is 5.31. The third-order valence-corrected chi connectivity index (χ3v) is 3.82. The fraction of sp³-hybridized carbons (Fsp3) is 0.0714. The lowest BCUT2D eigenvalue weighted by atomic mass is 10.2. The van der Waals surface area contributed by atoms with Gasteiger partial charge in [0.2, 0.25) is 0 Å². The van der Waals surface area contributed by atoms with Crippen LogP contribution in [0.15, 0.2) is 53.4 Å². The molecule has 0 saturated heterocycles. The number of rotatable bonds is 4. The zero-order chi connectivity index (χ0) is 13.8. The maximum Gasteiger partial charge on any atom is 0.175 e. The summed E-state index contributed by atoms with van der Waals surface area (Å²) in [5.74, 6) is -2.63. The number of carbonyl (C=O) groups excluding carboxylic acids is 1. The molecule has 1 unspecified atom stereocenters. The average molecular weight is 280 g/mol. The Morgan fingerprint density at radius 3 is 2.32 bits per heavy atom. The molecule has 0 aliphatic rings. The van der Waals surface area contributed by atoms with Crippen molar-refractivity contribution in [2.24, 2.45) is 0 Å². The first kappa shape index (κ1) is 13.5. The lowest BCUT2D eigenvalue weighted by Gasteiger charge is -2.03. The van der Waals surface area contributed by atoms with Crippen LogP contribution in [0, 0.1) is 11.6 Å². The fourth-order valence-electron chi connectivity index (χ4n) is 1.53. The molecule has 0 spiro atoms. The standard InChI is InChI=1S/C14H10F2O2S/c15-12-7-6-11(8-13(12)16)19(18)9-14(17)10-4-2-1-3-5-10/h1-8H,9H2. The summed E-state index contributed by atoms with van der Waals surface area (Å²) in [5.41, 5.74) is 0.443. The van der Waals surface area contributed by atoms with Gasteiger partial charge >= 0.3 is 0 Å². The molecule has 0 saturated carbocycles. The van der Waals surface area contributed by atoms with Crippen molar-refractivity contribution in [3.63, 3.8) is 0 Å². The first-order valence-electron chi connectivity index (χ1n) is 5.49. The number of carbonyl (C=O) groups is 1. The first-order chi connectivity index (χ1) is 9.08. The molecule has 0 aliphatic carbocycles. The van der Waals surface area contributed by atoms with E-state index in [0.717, 1.165) is 12.1 Å². The van der Waals surface area contributed by atoms with Crippen LogP contribution in [0.1, 0.15) is 10.4 Å². The zero-order valence-corrected chi connectivity index (χ0v) is 10.6. The van der Waals surface area contributed by atoms with E-state index in [2.05, 4.69) is 0 Å². The highest BCUT2D eigenvalue weighted by atomic mass is 32.2. The topological polar surface area (TPSA) is 34.1 Å². The Hall–Kier alpha value is -1.88. The van der Waals surface area contributed by atoms with Gasteiger partial charge in [-0.1, -0.05) is 30.3 Å². The van der Waals surface area contributed by atoms with Gasteiger partial charge in [0.1, 0.15) is 0 Å². The van der Waals surface area contributed by atoms with E-state index in [1.54, 1.807) is 30.3 Å². The molecule has 0 heterocycles. The molecule has 2 aromatic rings. The Balaban J connectivity index is 2.13. The van der Waals surface area contributed by atoms with E-state index in [4.69, 9.17) is 0 Å². The summed E-state index contributed by atoms with van der Waals surface area (Å²) in [6, 6.07) is 11.4. The number of hydrogen-bond donors (Lipinski definition) is 0. The van der Waals surface area contributed by atoms with Crippen LogP contribution < -0.4 is 0 Å². The van der Waals surface area contributed by atoms with Gasteiger partial charge in [-0.2, -0.15) is 0 Å². The van der Waals surface area contributed by atoms with Crippen molar-refractivity contribution < 1.29 is 17.8 Å². The number of halogens is 2. The minimum Gasteiger partial charge on any atom is -0.293 e. The molecule has 0 fully saturated rings. The highest BCUT2D eigenvalue weighted by Gasteiger charge is 2.13. The van der Waals surface area contributed by atoms with Gasteiger partial charge in [-0.3, -0.25) is 9.00 Å². The maximum absolute atomic E-state index is 13.0. The molecule has 0 bridgehead atoms. The third-order valence-electron chi connectivity index (χ3n) is 2.51. The average Bonchev–Trinajstić information content (AvgIpc) is 2.42. The highest BCUT2D eigenvalue weighted by molar-refractivity contribution is 7.85. The van der Waals surface area contributed by atoms with E-state index in [1.165, 1.54) is 6.07 Å². The molecule has 0 aromatic heterocycles. The van der Waals surface area contributed by atoms with Crippen molar-refractivity contribution in [2.45, 2.75) is 4.90 Å². The van der Waals surface area contributed by atoms with Gasteiger partial charge in [0.25, 0.3) is 0 Å². The summed E-state index contributed by atoms with van der Waals surface area (Å²) >= 11 is 0. The second kappa shape index (κ2) is 5.84. The van der Waals surface area contributed by atoms with Gasteiger partial charge in [-0.15, -0.1) is 0 Å². The zero-order valence-electron chi connectivity index (χ0n) is 9.81. The molecule has 98 valence electrons. The SMILES string of the molecule is O=C(CS(=O)c1ccc(F)c(F)c1)c1ccccc1. The van der Waals surface area contributed by atoms with E-state index >= 15 is 0 Å². The monoisotopic (exact) mass is 280 g/mol. The van der Waals surface area contributed by atoms with Crippen molar-refractivity contribution in [3.05, 3.63) is 65.7 Å². The van der Waals surface area contributed by atoms with Gasteiger partial charge in [0.05, 0.1) is 16.6 Å².